The summed E-state index contributed by atoms with van der Waals surface area (Å²) in [4.78, 5) is 8.21. The van der Waals surface area contributed by atoms with Crippen LogP contribution in [0, 0.1) is 0 Å². The number of nitrogens with zero attached hydrogens (tertiary/aromatic N) is 3. The van der Waals surface area contributed by atoms with E-state index in [4.69, 9.17) is 10.5 Å². The van der Waals surface area contributed by atoms with E-state index < -0.39 is 0 Å². The first kappa shape index (κ1) is 14.3. The zero-order valence-corrected chi connectivity index (χ0v) is 11.1. The SMILES string of the molecule is CCCCCN=c1cc(OCCC)nc(N)n1O. The highest BCUT2D eigenvalue weighted by Crippen LogP contribution is 2.05. The van der Waals surface area contributed by atoms with Crippen LogP contribution in [0.5, 0.6) is 5.88 Å². The number of nitrogen functional groups attached to an aromatic ring is 1. The standard InChI is InChI=1S/C12H22N4O2/c1-3-5-6-7-14-10-9-11(18-8-4-2)15-12(13)16(10)17/h9,17H,3-8H2,1-2H3,(H2,13,15). The summed E-state index contributed by atoms with van der Waals surface area (Å²) in [5.74, 6) is 0.381. The highest BCUT2D eigenvalue weighted by atomic mass is 16.5. The third kappa shape index (κ3) is 4.27. The number of rotatable bonds is 7. The van der Waals surface area contributed by atoms with Crippen molar-refractivity contribution in [3.05, 3.63) is 11.6 Å². The number of aromatic nitrogens is 2. The molecule has 0 aromatic carbocycles. The van der Waals surface area contributed by atoms with Crippen molar-refractivity contribution >= 4 is 5.95 Å². The molecule has 1 aromatic heterocycles. The zero-order valence-electron chi connectivity index (χ0n) is 11.1. The smallest absolute Gasteiger partial charge is 0.239 e. The van der Waals surface area contributed by atoms with Gasteiger partial charge in [0.2, 0.25) is 11.8 Å². The Labute approximate surface area is 107 Å². The van der Waals surface area contributed by atoms with Crippen LogP contribution in [0.1, 0.15) is 39.5 Å². The number of hydrogen-bond acceptors (Lipinski definition) is 5. The van der Waals surface area contributed by atoms with Gasteiger partial charge in [0.15, 0.2) is 5.49 Å². The molecule has 1 heterocycles. The molecule has 0 atom stereocenters. The van der Waals surface area contributed by atoms with E-state index in [1.165, 1.54) is 0 Å². The fourth-order valence-electron chi connectivity index (χ4n) is 1.43. The average Bonchev–Trinajstić information content (AvgIpc) is 2.37. The molecule has 6 heteroatoms. The highest BCUT2D eigenvalue weighted by Gasteiger charge is 2.03. The Balaban J connectivity index is 2.84. The first-order valence-corrected chi connectivity index (χ1v) is 6.41. The predicted octanol–water partition coefficient (Wildman–Crippen LogP) is 1.58. The van der Waals surface area contributed by atoms with Gasteiger partial charge in [-0.05, 0) is 12.8 Å². The molecular weight excluding hydrogens is 232 g/mol. The Kier molecular flexibility index (Phi) is 6.04. The Hall–Kier alpha value is -1.72. The predicted molar refractivity (Wildman–Crippen MR) is 69.6 cm³/mol. The van der Waals surface area contributed by atoms with Gasteiger partial charge >= 0.3 is 0 Å². The molecule has 0 saturated heterocycles. The van der Waals surface area contributed by atoms with E-state index >= 15 is 0 Å². The normalized spacial score (nSPS) is 11.8. The topological polar surface area (TPSA) is 85.7 Å². The maximum atomic E-state index is 9.68. The van der Waals surface area contributed by atoms with Crippen molar-refractivity contribution in [2.45, 2.75) is 39.5 Å². The molecule has 0 aliphatic rings. The number of unbranched alkanes of at least 4 members (excludes halogenated alkanes) is 2. The molecule has 3 N–H and O–H groups in total. The van der Waals surface area contributed by atoms with Gasteiger partial charge in [-0.2, -0.15) is 4.98 Å². The van der Waals surface area contributed by atoms with Gasteiger partial charge in [0, 0.05) is 12.6 Å². The Morgan fingerprint density at radius 1 is 1.39 bits per heavy atom. The van der Waals surface area contributed by atoms with Crippen LogP contribution in [0.3, 0.4) is 0 Å². The quantitative estimate of drug-likeness (QED) is 0.571. The number of anilines is 1. The minimum Gasteiger partial charge on any atom is -0.477 e. The lowest BCUT2D eigenvalue weighted by molar-refractivity contribution is 0.172. The van der Waals surface area contributed by atoms with Crippen molar-refractivity contribution in [2.75, 3.05) is 18.9 Å². The zero-order chi connectivity index (χ0) is 13.4. The lowest BCUT2D eigenvalue weighted by Gasteiger charge is -2.07. The lowest BCUT2D eigenvalue weighted by atomic mass is 10.2. The van der Waals surface area contributed by atoms with Crippen molar-refractivity contribution in [1.82, 2.24) is 9.71 Å². The molecule has 0 aliphatic carbocycles. The van der Waals surface area contributed by atoms with Gasteiger partial charge in [-0.3, -0.25) is 4.99 Å². The van der Waals surface area contributed by atoms with E-state index in [0.29, 0.717) is 24.5 Å². The van der Waals surface area contributed by atoms with Crippen LogP contribution in [0.15, 0.2) is 11.1 Å². The van der Waals surface area contributed by atoms with Gasteiger partial charge in [0.25, 0.3) is 0 Å². The van der Waals surface area contributed by atoms with Gasteiger partial charge in [-0.1, -0.05) is 26.7 Å². The Bertz CT molecular complexity index is 429. The fraction of sp³-hybridized carbons (Fsp3) is 0.667. The van der Waals surface area contributed by atoms with Crippen LogP contribution >= 0.6 is 0 Å². The largest absolute Gasteiger partial charge is 0.477 e. The summed E-state index contributed by atoms with van der Waals surface area (Å²) in [7, 11) is 0. The van der Waals surface area contributed by atoms with Crippen molar-refractivity contribution in [3.63, 3.8) is 0 Å². The summed E-state index contributed by atoms with van der Waals surface area (Å²) < 4.78 is 6.17. The van der Waals surface area contributed by atoms with Crippen LogP contribution in [0.2, 0.25) is 0 Å². The summed E-state index contributed by atoms with van der Waals surface area (Å²) in [6.07, 6.45) is 4.13. The van der Waals surface area contributed by atoms with Crippen LogP contribution < -0.4 is 16.0 Å². The fourth-order valence-corrected chi connectivity index (χ4v) is 1.43. The van der Waals surface area contributed by atoms with Gasteiger partial charge in [0.1, 0.15) is 0 Å². The number of ether oxygens (including phenoxy) is 1. The van der Waals surface area contributed by atoms with E-state index in [1.807, 2.05) is 6.92 Å². The number of hydrogen-bond donors (Lipinski definition) is 2. The molecular formula is C12H22N4O2. The molecule has 18 heavy (non-hydrogen) atoms. The molecule has 0 aliphatic heterocycles. The van der Waals surface area contributed by atoms with Crippen molar-refractivity contribution in [2.24, 2.45) is 4.99 Å². The molecule has 1 aromatic rings. The minimum absolute atomic E-state index is 0.0159. The molecule has 0 saturated carbocycles. The maximum absolute atomic E-state index is 9.68. The van der Waals surface area contributed by atoms with Gasteiger partial charge in [-0.15, -0.1) is 4.73 Å². The Morgan fingerprint density at radius 3 is 2.83 bits per heavy atom. The molecule has 6 nitrogen and oxygen atoms in total. The molecule has 0 amide bonds. The molecule has 0 spiro atoms. The van der Waals surface area contributed by atoms with Crippen LogP contribution in [-0.2, 0) is 0 Å². The minimum atomic E-state index is -0.0159. The second-order valence-corrected chi connectivity index (χ2v) is 4.06. The van der Waals surface area contributed by atoms with Crippen molar-refractivity contribution in [3.8, 4) is 5.88 Å². The van der Waals surface area contributed by atoms with Crippen molar-refractivity contribution < 1.29 is 9.94 Å². The second kappa shape index (κ2) is 7.58. The second-order valence-electron chi connectivity index (χ2n) is 4.06. The van der Waals surface area contributed by atoms with E-state index in [2.05, 4.69) is 16.9 Å². The monoisotopic (exact) mass is 254 g/mol. The number of nitrogens with two attached hydrogens (primary N) is 1. The first-order valence-electron chi connectivity index (χ1n) is 6.41. The molecule has 0 radical (unpaired) electrons. The first-order chi connectivity index (χ1) is 8.69. The average molecular weight is 254 g/mol. The molecule has 0 bridgehead atoms. The summed E-state index contributed by atoms with van der Waals surface area (Å²) in [5.41, 5.74) is 5.96. The van der Waals surface area contributed by atoms with E-state index in [1.54, 1.807) is 6.07 Å². The van der Waals surface area contributed by atoms with E-state index in [-0.39, 0.29) is 5.95 Å². The molecule has 0 fully saturated rings. The van der Waals surface area contributed by atoms with Crippen LogP contribution in [-0.4, -0.2) is 28.1 Å². The molecule has 1 rings (SSSR count). The van der Waals surface area contributed by atoms with Gasteiger partial charge < -0.3 is 15.7 Å². The van der Waals surface area contributed by atoms with Crippen LogP contribution in [0.25, 0.3) is 0 Å². The third-order valence-corrected chi connectivity index (χ3v) is 2.40. The third-order valence-electron chi connectivity index (χ3n) is 2.40. The summed E-state index contributed by atoms with van der Waals surface area (Å²) >= 11 is 0. The Morgan fingerprint density at radius 2 is 2.17 bits per heavy atom. The molecule has 102 valence electrons. The van der Waals surface area contributed by atoms with Crippen molar-refractivity contribution in [1.29, 1.82) is 0 Å². The lowest BCUT2D eigenvalue weighted by Crippen LogP contribution is -2.24. The van der Waals surface area contributed by atoms with Gasteiger partial charge in [-0.25, -0.2) is 0 Å². The van der Waals surface area contributed by atoms with E-state index in [9.17, 15) is 5.21 Å². The van der Waals surface area contributed by atoms with E-state index in [0.717, 1.165) is 30.4 Å². The molecule has 0 unspecified atom stereocenters. The van der Waals surface area contributed by atoms with Gasteiger partial charge in [0.05, 0.1) is 6.61 Å². The summed E-state index contributed by atoms with van der Waals surface area (Å²) in [6.45, 7) is 5.37. The summed E-state index contributed by atoms with van der Waals surface area (Å²) in [5, 5.41) is 9.68. The summed E-state index contributed by atoms with van der Waals surface area (Å²) in [6, 6.07) is 1.60. The maximum Gasteiger partial charge on any atom is 0.239 e. The van der Waals surface area contributed by atoms with Crippen LogP contribution in [0.4, 0.5) is 5.95 Å². The highest BCUT2D eigenvalue weighted by molar-refractivity contribution is 5.21.